The third-order valence-corrected chi connectivity index (χ3v) is 2.18. The fourth-order valence-electron chi connectivity index (χ4n) is 1.39. The first kappa shape index (κ1) is 9.80. The Morgan fingerprint density at radius 1 is 1.20 bits per heavy atom. The highest BCUT2D eigenvalue weighted by Gasteiger charge is 1.99. The van der Waals surface area contributed by atoms with E-state index in [4.69, 9.17) is 10.2 Å². The summed E-state index contributed by atoms with van der Waals surface area (Å²) in [6.07, 6.45) is 1.73. The third kappa shape index (κ3) is 2.60. The van der Waals surface area contributed by atoms with Crippen molar-refractivity contribution in [1.82, 2.24) is 0 Å². The number of nitrogens with two attached hydrogens (primary N) is 1. The highest BCUT2D eigenvalue weighted by Crippen LogP contribution is 2.11. The topological polar surface area (TPSA) is 51.2 Å². The molecule has 0 saturated carbocycles. The molecular formula is C12H14N2O. The van der Waals surface area contributed by atoms with Gasteiger partial charge < -0.3 is 15.5 Å². The molecule has 0 saturated heterocycles. The molecular weight excluding hydrogens is 188 g/mol. The summed E-state index contributed by atoms with van der Waals surface area (Å²) >= 11 is 0. The van der Waals surface area contributed by atoms with E-state index in [0.717, 1.165) is 23.6 Å². The van der Waals surface area contributed by atoms with Crippen LogP contribution in [0.15, 0.2) is 47.1 Å². The number of anilines is 1. The van der Waals surface area contributed by atoms with Crippen molar-refractivity contribution in [2.24, 2.45) is 5.73 Å². The van der Waals surface area contributed by atoms with Gasteiger partial charge in [0.25, 0.3) is 0 Å². The van der Waals surface area contributed by atoms with Crippen LogP contribution in [0.25, 0.3) is 0 Å². The van der Waals surface area contributed by atoms with Crippen molar-refractivity contribution in [2.45, 2.75) is 13.1 Å². The van der Waals surface area contributed by atoms with E-state index in [0.29, 0.717) is 6.54 Å². The number of nitrogens with one attached hydrogen (secondary N) is 1. The van der Waals surface area contributed by atoms with E-state index in [1.165, 1.54) is 0 Å². The lowest BCUT2D eigenvalue weighted by Crippen LogP contribution is -1.98. The minimum Gasteiger partial charge on any atom is -0.468 e. The van der Waals surface area contributed by atoms with E-state index in [1.54, 1.807) is 6.26 Å². The number of para-hydroxylation sites is 1. The van der Waals surface area contributed by atoms with Crippen LogP contribution < -0.4 is 11.1 Å². The molecule has 0 unspecified atom stereocenters. The number of hydrogen-bond donors (Lipinski definition) is 2. The van der Waals surface area contributed by atoms with Crippen LogP contribution in [0, 0.1) is 0 Å². The van der Waals surface area contributed by atoms with Crippen LogP contribution >= 0.6 is 0 Å². The maximum absolute atomic E-state index is 5.46. The number of furan rings is 1. The predicted molar refractivity (Wildman–Crippen MR) is 60.4 cm³/mol. The van der Waals surface area contributed by atoms with E-state index in [1.807, 2.05) is 36.4 Å². The Morgan fingerprint density at radius 2 is 2.00 bits per heavy atom. The lowest BCUT2D eigenvalue weighted by atomic mass is 10.3. The van der Waals surface area contributed by atoms with Crippen LogP contribution in [0.1, 0.15) is 11.3 Å². The van der Waals surface area contributed by atoms with Gasteiger partial charge in [-0.1, -0.05) is 18.2 Å². The van der Waals surface area contributed by atoms with Crippen molar-refractivity contribution in [2.75, 3.05) is 5.32 Å². The molecule has 3 heteroatoms. The van der Waals surface area contributed by atoms with Crippen molar-refractivity contribution in [3.8, 4) is 0 Å². The average molecular weight is 202 g/mol. The summed E-state index contributed by atoms with van der Waals surface area (Å²) in [5, 5.41) is 3.30. The number of rotatable bonds is 4. The second kappa shape index (κ2) is 4.66. The standard InChI is InChI=1S/C12H14N2O/c13-7-12-6-10(9-15-12)8-14-11-4-2-1-3-5-11/h1-6,9,14H,7-8,13H2. The quantitative estimate of drug-likeness (QED) is 0.800. The second-order valence-corrected chi connectivity index (χ2v) is 3.34. The minimum atomic E-state index is 0.450. The molecule has 0 aliphatic rings. The van der Waals surface area contributed by atoms with E-state index in [-0.39, 0.29) is 0 Å². The molecule has 0 atom stereocenters. The SMILES string of the molecule is NCc1cc(CNc2ccccc2)co1. The highest BCUT2D eigenvalue weighted by molar-refractivity contribution is 5.42. The first-order chi connectivity index (χ1) is 7.38. The molecule has 0 aliphatic carbocycles. The lowest BCUT2D eigenvalue weighted by molar-refractivity contribution is 0.510. The molecule has 2 rings (SSSR count). The van der Waals surface area contributed by atoms with Gasteiger partial charge in [0.15, 0.2) is 0 Å². The monoisotopic (exact) mass is 202 g/mol. The molecule has 1 heterocycles. The molecule has 3 nitrogen and oxygen atoms in total. The molecule has 15 heavy (non-hydrogen) atoms. The fourth-order valence-corrected chi connectivity index (χ4v) is 1.39. The summed E-state index contributed by atoms with van der Waals surface area (Å²) in [5.41, 5.74) is 7.67. The van der Waals surface area contributed by atoms with Crippen molar-refractivity contribution in [3.63, 3.8) is 0 Å². The van der Waals surface area contributed by atoms with Crippen molar-refractivity contribution < 1.29 is 4.42 Å². The Labute approximate surface area is 88.9 Å². The molecule has 2 aromatic rings. The van der Waals surface area contributed by atoms with E-state index in [2.05, 4.69) is 5.32 Å². The summed E-state index contributed by atoms with van der Waals surface area (Å²) in [5.74, 6) is 0.819. The van der Waals surface area contributed by atoms with Crippen molar-refractivity contribution >= 4 is 5.69 Å². The fraction of sp³-hybridized carbons (Fsp3) is 0.167. The van der Waals surface area contributed by atoms with Gasteiger partial charge in [0, 0.05) is 17.8 Å². The van der Waals surface area contributed by atoms with E-state index in [9.17, 15) is 0 Å². The van der Waals surface area contributed by atoms with Crippen LogP contribution in [-0.4, -0.2) is 0 Å². The van der Waals surface area contributed by atoms with Crippen LogP contribution in [-0.2, 0) is 13.1 Å². The normalized spacial score (nSPS) is 10.2. The van der Waals surface area contributed by atoms with Crippen LogP contribution in [0.2, 0.25) is 0 Å². The Balaban J connectivity index is 1.93. The maximum Gasteiger partial charge on any atom is 0.117 e. The van der Waals surface area contributed by atoms with E-state index < -0.39 is 0 Å². The first-order valence-electron chi connectivity index (χ1n) is 4.94. The third-order valence-electron chi connectivity index (χ3n) is 2.18. The molecule has 3 N–H and O–H groups in total. The molecule has 78 valence electrons. The number of benzene rings is 1. The van der Waals surface area contributed by atoms with Crippen LogP contribution in [0.3, 0.4) is 0 Å². The molecule has 0 aliphatic heterocycles. The van der Waals surface area contributed by atoms with Gasteiger partial charge in [0.05, 0.1) is 12.8 Å². The number of hydrogen-bond acceptors (Lipinski definition) is 3. The Morgan fingerprint density at radius 3 is 2.67 bits per heavy atom. The molecule has 0 amide bonds. The molecule has 1 aromatic heterocycles. The van der Waals surface area contributed by atoms with Gasteiger partial charge in [0.1, 0.15) is 5.76 Å². The Kier molecular flexibility index (Phi) is 3.05. The summed E-state index contributed by atoms with van der Waals surface area (Å²) in [4.78, 5) is 0. The zero-order chi connectivity index (χ0) is 10.5. The zero-order valence-electron chi connectivity index (χ0n) is 8.44. The molecule has 0 spiro atoms. The molecule has 0 fully saturated rings. The van der Waals surface area contributed by atoms with Crippen LogP contribution in [0.5, 0.6) is 0 Å². The second-order valence-electron chi connectivity index (χ2n) is 3.34. The van der Waals surface area contributed by atoms with Gasteiger partial charge >= 0.3 is 0 Å². The van der Waals surface area contributed by atoms with Crippen molar-refractivity contribution in [3.05, 3.63) is 54.0 Å². The molecule has 0 radical (unpaired) electrons. The smallest absolute Gasteiger partial charge is 0.117 e. The van der Waals surface area contributed by atoms with Crippen molar-refractivity contribution in [1.29, 1.82) is 0 Å². The average Bonchev–Trinajstić information content (AvgIpc) is 2.76. The summed E-state index contributed by atoms with van der Waals surface area (Å²) in [7, 11) is 0. The Bertz CT molecular complexity index is 409. The van der Waals surface area contributed by atoms with Gasteiger partial charge in [-0.2, -0.15) is 0 Å². The van der Waals surface area contributed by atoms with Gasteiger partial charge in [-0.15, -0.1) is 0 Å². The minimum absolute atomic E-state index is 0.450. The van der Waals surface area contributed by atoms with Gasteiger partial charge in [-0.3, -0.25) is 0 Å². The summed E-state index contributed by atoms with van der Waals surface area (Å²) in [6, 6.07) is 12.0. The molecule has 0 bridgehead atoms. The molecule has 1 aromatic carbocycles. The largest absolute Gasteiger partial charge is 0.468 e. The van der Waals surface area contributed by atoms with Gasteiger partial charge in [0.2, 0.25) is 0 Å². The highest BCUT2D eigenvalue weighted by atomic mass is 16.3. The predicted octanol–water partition coefficient (Wildman–Crippen LogP) is 2.35. The zero-order valence-corrected chi connectivity index (χ0v) is 8.44. The Hall–Kier alpha value is -1.74. The lowest BCUT2D eigenvalue weighted by Gasteiger charge is -2.02. The summed E-state index contributed by atoms with van der Waals surface area (Å²) < 4.78 is 5.24. The van der Waals surface area contributed by atoms with Gasteiger partial charge in [-0.05, 0) is 18.2 Å². The van der Waals surface area contributed by atoms with E-state index >= 15 is 0 Å². The maximum atomic E-state index is 5.46. The first-order valence-corrected chi connectivity index (χ1v) is 4.94. The summed E-state index contributed by atoms with van der Waals surface area (Å²) in [6.45, 7) is 1.21. The van der Waals surface area contributed by atoms with Crippen LogP contribution in [0.4, 0.5) is 5.69 Å². The van der Waals surface area contributed by atoms with Gasteiger partial charge in [-0.25, -0.2) is 0 Å².